The molecule has 0 saturated heterocycles. The van der Waals surface area contributed by atoms with Gasteiger partial charge in [-0.1, -0.05) is 0 Å². The van der Waals surface area contributed by atoms with Gasteiger partial charge in [-0.2, -0.15) is 0 Å². The molecule has 78 valence electrons. The zero-order valence-electron chi connectivity index (χ0n) is 8.99. The van der Waals surface area contributed by atoms with Crippen molar-refractivity contribution in [3.63, 3.8) is 0 Å². The van der Waals surface area contributed by atoms with Crippen LogP contribution in [0, 0.1) is 0 Å². The highest BCUT2D eigenvalue weighted by atomic mass is 14.9. The van der Waals surface area contributed by atoms with Gasteiger partial charge in [-0.15, -0.1) is 0 Å². The number of aromatic amines is 2. The van der Waals surface area contributed by atoms with E-state index in [0.29, 0.717) is 0 Å². The Hall–Kier alpha value is -1.77. The molecule has 0 radical (unpaired) electrons. The van der Waals surface area contributed by atoms with Gasteiger partial charge in [0.05, 0.1) is 11.4 Å². The monoisotopic (exact) mass is 201 g/mol. The predicted octanol–water partition coefficient (Wildman–Crippen LogP) is 2.59. The molecule has 3 heteroatoms. The van der Waals surface area contributed by atoms with E-state index >= 15 is 0 Å². The second kappa shape index (κ2) is 4.17. The molecule has 0 aliphatic heterocycles. The van der Waals surface area contributed by atoms with Crippen molar-refractivity contribution in [1.82, 2.24) is 9.97 Å². The zero-order chi connectivity index (χ0) is 10.7. The van der Waals surface area contributed by atoms with Gasteiger partial charge in [-0.3, -0.25) is 4.99 Å². The molecule has 0 saturated carbocycles. The van der Waals surface area contributed by atoms with Crippen LogP contribution in [0.3, 0.4) is 0 Å². The maximum absolute atomic E-state index is 4.62. The number of rotatable bonds is 3. The molecule has 0 aromatic carbocycles. The predicted molar refractivity (Wildman–Crippen MR) is 62.4 cm³/mol. The largest absolute Gasteiger partial charge is 0.360 e. The van der Waals surface area contributed by atoms with Gasteiger partial charge in [0, 0.05) is 18.4 Å². The van der Waals surface area contributed by atoms with Crippen LogP contribution in [0.25, 0.3) is 0 Å². The molecule has 2 aromatic heterocycles. The standard InChI is InChI=1S/C12H15N3/c1-9(2)15-12(10-5-3-7-13-10)11-6-4-8-14-11/h3-9,13-14H,1-2H3. The average molecular weight is 201 g/mol. The summed E-state index contributed by atoms with van der Waals surface area (Å²) in [5.74, 6) is 0. The molecule has 0 amide bonds. The Morgan fingerprint density at radius 2 is 1.60 bits per heavy atom. The van der Waals surface area contributed by atoms with Crippen LogP contribution >= 0.6 is 0 Å². The zero-order valence-corrected chi connectivity index (χ0v) is 8.99. The maximum Gasteiger partial charge on any atom is 0.105 e. The third-order valence-corrected chi connectivity index (χ3v) is 2.09. The number of H-pyrrole nitrogens is 2. The average Bonchev–Trinajstić information content (AvgIpc) is 2.87. The van der Waals surface area contributed by atoms with Gasteiger partial charge in [0.25, 0.3) is 0 Å². The molecular weight excluding hydrogens is 186 g/mol. The first-order valence-corrected chi connectivity index (χ1v) is 5.12. The third-order valence-electron chi connectivity index (χ3n) is 2.09. The van der Waals surface area contributed by atoms with Crippen LogP contribution < -0.4 is 0 Å². The van der Waals surface area contributed by atoms with Crippen molar-refractivity contribution in [2.75, 3.05) is 0 Å². The fourth-order valence-electron chi connectivity index (χ4n) is 1.50. The normalized spacial score (nSPS) is 10.6. The molecular formula is C12H15N3. The molecule has 0 aliphatic rings. The summed E-state index contributed by atoms with van der Waals surface area (Å²) >= 11 is 0. The summed E-state index contributed by atoms with van der Waals surface area (Å²) in [6.07, 6.45) is 3.82. The van der Waals surface area contributed by atoms with Crippen LogP contribution in [0.15, 0.2) is 41.7 Å². The minimum Gasteiger partial charge on any atom is -0.360 e. The van der Waals surface area contributed by atoms with E-state index in [2.05, 4.69) is 28.8 Å². The summed E-state index contributed by atoms with van der Waals surface area (Å²) in [4.78, 5) is 11.0. The Balaban J connectivity index is 2.42. The van der Waals surface area contributed by atoms with Crippen molar-refractivity contribution in [2.24, 2.45) is 4.99 Å². The first-order valence-electron chi connectivity index (χ1n) is 5.12. The van der Waals surface area contributed by atoms with Crippen LogP contribution in [0.5, 0.6) is 0 Å². The Morgan fingerprint density at radius 3 is 1.93 bits per heavy atom. The molecule has 0 fully saturated rings. The molecule has 0 bridgehead atoms. The highest BCUT2D eigenvalue weighted by Crippen LogP contribution is 2.08. The Morgan fingerprint density at radius 1 is 1.07 bits per heavy atom. The summed E-state index contributed by atoms with van der Waals surface area (Å²) in [7, 11) is 0. The number of hydrogen-bond donors (Lipinski definition) is 2. The van der Waals surface area contributed by atoms with Crippen LogP contribution in [0.1, 0.15) is 25.2 Å². The Bertz CT molecular complexity index is 385. The van der Waals surface area contributed by atoms with E-state index < -0.39 is 0 Å². The van der Waals surface area contributed by atoms with Gasteiger partial charge in [-0.25, -0.2) is 0 Å². The number of aliphatic imine (C=N–C) groups is 1. The molecule has 2 N–H and O–H groups in total. The molecule has 2 aromatic rings. The molecule has 3 nitrogen and oxygen atoms in total. The fourth-order valence-corrected chi connectivity index (χ4v) is 1.50. The van der Waals surface area contributed by atoms with Crippen molar-refractivity contribution in [2.45, 2.75) is 19.9 Å². The maximum atomic E-state index is 4.62. The lowest BCUT2D eigenvalue weighted by Gasteiger charge is -2.05. The summed E-state index contributed by atoms with van der Waals surface area (Å²) in [6, 6.07) is 8.30. The van der Waals surface area contributed by atoms with Crippen LogP contribution in [0.2, 0.25) is 0 Å². The number of nitrogens with one attached hydrogen (secondary N) is 2. The molecule has 0 aliphatic carbocycles. The fraction of sp³-hybridized carbons (Fsp3) is 0.250. The molecule has 0 unspecified atom stereocenters. The summed E-state index contributed by atoms with van der Waals surface area (Å²) < 4.78 is 0. The highest BCUT2D eigenvalue weighted by Gasteiger charge is 2.08. The summed E-state index contributed by atoms with van der Waals surface area (Å²) in [5.41, 5.74) is 3.08. The van der Waals surface area contributed by atoms with E-state index in [-0.39, 0.29) is 6.04 Å². The van der Waals surface area contributed by atoms with Crippen molar-refractivity contribution in [3.8, 4) is 0 Å². The van der Waals surface area contributed by atoms with Crippen LogP contribution in [0.4, 0.5) is 0 Å². The smallest absolute Gasteiger partial charge is 0.105 e. The topological polar surface area (TPSA) is 43.9 Å². The van der Waals surface area contributed by atoms with Crippen LogP contribution in [-0.4, -0.2) is 21.7 Å². The molecule has 15 heavy (non-hydrogen) atoms. The minimum atomic E-state index is 0.284. The van der Waals surface area contributed by atoms with Crippen molar-refractivity contribution in [1.29, 1.82) is 0 Å². The molecule has 2 rings (SSSR count). The van der Waals surface area contributed by atoms with E-state index in [0.717, 1.165) is 17.1 Å². The second-order valence-electron chi connectivity index (χ2n) is 3.74. The van der Waals surface area contributed by atoms with E-state index in [4.69, 9.17) is 0 Å². The SMILES string of the molecule is CC(C)N=C(c1ccc[nH]1)c1ccc[nH]1. The van der Waals surface area contributed by atoms with Crippen molar-refractivity contribution < 1.29 is 0 Å². The van der Waals surface area contributed by atoms with Gasteiger partial charge in [0.1, 0.15) is 5.71 Å². The lowest BCUT2D eigenvalue weighted by molar-refractivity contribution is 0.835. The van der Waals surface area contributed by atoms with Crippen molar-refractivity contribution >= 4 is 5.71 Å². The quantitative estimate of drug-likeness (QED) is 0.717. The van der Waals surface area contributed by atoms with E-state index in [1.165, 1.54) is 0 Å². The Kier molecular flexibility index (Phi) is 2.72. The summed E-state index contributed by atoms with van der Waals surface area (Å²) in [5, 5.41) is 0. The highest BCUT2D eigenvalue weighted by molar-refractivity contribution is 6.10. The number of aromatic nitrogens is 2. The first kappa shape index (κ1) is 9.77. The molecule has 0 atom stereocenters. The third kappa shape index (κ3) is 2.18. The van der Waals surface area contributed by atoms with Gasteiger partial charge < -0.3 is 9.97 Å². The van der Waals surface area contributed by atoms with Gasteiger partial charge in [0.15, 0.2) is 0 Å². The van der Waals surface area contributed by atoms with Gasteiger partial charge >= 0.3 is 0 Å². The van der Waals surface area contributed by atoms with Gasteiger partial charge in [-0.05, 0) is 38.1 Å². The summed E-state index contributed by atoms with van der Waals surface area (Å²) in [6.45, 7) is 4.15. The number of hydrogen-bond acceptors (Lipinski definition) is 1. The lowest BCUT2D eigenvalue weighted by Crippen LogP contribution is -2.07. The number of nitrogens with zero attached hydrogens (tertiary/aromatic N) is 1. The lowest BCUT2D eigenvalue weighted by atomic mass is 10.2. The van der Waals surface area contributed by atoms with E-state index in [1.54, 1.807) is 0 Å². The minimum absolute atomic E-state index is 0.284. The second-order valence-corrected chi connectivity index (χ2v) is 3.74. The van der Waals surface area contributed by atoms with E-state index in [1.807, 2.05) is 36.7 Å². The van der Waals surface area contributed by atoms with E-state index in [9.17, 15) is 0 Å². The molecule has 0 spiro atoms. The Labute approximate surface area is 89.3 Å². The van der Waals surface area contributed by atoms with Crippen molar-refractivity contribution in [3.05, 3.63) is 48.0 Å². The first-order chi connectivity index (χ1) is 7.27. The van der Waals surface area contributed by atoms with Gasteiger partial charge in [0.2, 0.25) is 0 Å². The molecule has 2 heterocycles. The van der Waals surface area contributed by atoms with Crippen LogP contribution in [-0.2, 0) is 0 Å².